The lowest BCUT2D eigenvalue weighted by Crippen LogP contribution is -2.38. The van der Waals surface area contributed by atoms with E-state index in [-0.39, 0.29) is 0 Å². The Hall–Kier alpha value is -1.18. The Morgan fingerprint density at radius 2 is 2.19 bits per heavy atom. The summed E-state index contributed by atoms with van der Waals surface area (Å²) < 4.78 is 10.3. The number of aryl methyl sites for hydroxylation is 1. The number of hydrogen-bond donors (Lipinski definition) is 2. The van der Waals surface area contributed by atoms with E-state index in [9.17, 15) is 0 Å². The molecule has 6 nitrogen and oxygen atoms in total. The molecule has 0 spiro atoms. The molecule has 0 bridgehead atoms. The molecule has 0 radical (unpaired) electrons. The lowest BCUT2D eigenvalue weighted by atomic mass is 10.4. The van der Waals surface area contributed by atoms with Crippen LogP contribution in [0.25, 0.3) is 0 Å². The summed E-state index contributed by atoms with van der Waals surface area (Å²) in [6.07, 6.45) is 2.82. The number of thiazole rings is 1. The van der Waals surface area contributed by atoms with Gasteiger partial charge in [-0.15, -0.1) is 11.3 Å². The van der Waals surface area contributed by atoms with Gasteiger partial charge < -0.3 is 20.1 Å². The predicted molar refractivity (Wildman–Crippen MR) is 87.0 cm³/mol. The zero-order chi connectivity index (χ0) is 15.3. The second-order valence-corrected chi connectivity index (χ2v) is 5.75. The van der Waals surface area contributed by atoms with Gasteiger partial charge in [0.05, 0.1) is 24.8 Å². The first-order valence-corrected chi connectivity index (χ1v) is 8.08. The Labute approximate surface area is 131 Å². The highest BCUT2D eigenvalue weighted by molar-refractivity contribution is 7.11. The van der Waals surface area contributed by atoms with Crippen LogP contribution in [0.5, 0.6) is 0 Å². The average Bonchev–Trinajstić information content (AvgIpc) is 2.89. The van der Waals surface area contributed by atoms with Crippen molar-refractivity contribution in [3.8, 4) is 0 Å². The Kier molecular flexibility index (Phi) is 9.77. The zero-order valence-corrected chi connectivity index (χ0v) is 14.0. The molecule has 1 heterocycles. The molecule has 0 unspecified atom stereocenters. The van der Waals surface area contributed by atoms with Crippen molar-refractivity contribution in [3.05, 3.63) is 16.1 Å². The van der Waals surface area contributed by atoms with Crippen LogP contribution in [0.2, 0.25) is 0 Å². The molecule has 0 saturated carbocycles. The monoisotopic (exact) mass is 314 g/mol. The molecule has 0 atom stereocenters. The van der Waals surface area contributed by atoms with Gasteiger partial charge in [-0.3, -0.25) is 0 Å². The Bertz CT molecular complexity index is 409. The predicted octanol–water partition coefficient (Wildman–Crippen LogP) is 1.56. The van der Waals surface area contributed by atoms with Crippen LogP contribution in [0.3, 0.4) is 0 Å². The van der Waals surface area contributed by atoms with Crippen LogP contribution in [0, 0.1) is 6.92 Å². The van der Waals surface area contributed by atoms with Gasteiger partial charge in [0.15, 0.2) is 5.96 Å². The summed E-state index contributed by atoms with van der Waals surface area (Å²) in [6.45, 7) is 8.42. The number of hydrogen-bond acceptors (Lipinski definition) is 5. The number of aliphatic imine (C=N–C) groups is 1. The minimum atomic E-state index is 0.645. The Morgan fingerprint density at radius 1 is 1.33 bits per heavy atom. The second-order valence-electron chi connectivity index (χ2n) is 4.43. The van der Waals surface area contributed by atoms with E-state index in [0.29, 0.717) is 19.8 Å². The van der Waals surface area contributed by atoms with Crippen molar-refractivity contribution in [2.24, 2.45) is 4.99 Å². The minimum absolute atomic E-state index is 0.645. The van der Waals surface area contributed by atoms with Crippen LogP contribution in [0.1, 0.15) is 23.2 Å². The van der Waals surface area contributed by atoms with Crippen LogP contribution in [0.15, 0.2) is 11.2 Å². The molecule has 0 aliphatic carbocycles. The maximum absolute atomic E-state index is 5.42. The van der Waals surface area contributed by atoms with Crippen molar-refractivity contribution < 1.29 is 9.47 Å². The highest BCUT2D eigenvalue weighted by atomic mass is 32.1. The first kappa shape index (κ1) is 17.9. The molecule has 0 aromatic carbocycles. The van der Waals surface area contributed by atoms with Gasteiger partial charge in [0.2, 0.25) is 0 Å². The molecular formula is C14H26N4O2S. The summed E-state index contributed by atoms with van der Waals surface area (Å²) in [5.41, 5.74) is 0. The van der Waals surface area contributed by atoms with E-state index >= 15 is 0 Å². The normalized spacial score (nSPS) is 11.7. The lowest BCUT2D eigenvalue weighted by molar-refractivity contribution is 0.0698. The molecule has 0 aliphatic heterocycles. The van der Waals surface area contributed by atoms with Crippen LogP contribution in [0.4, 0.5) is 0 Å². The Morgan fingerprint density at radius 3 is 2.86 bits per heavy atom. The lowest BCUT2D eigenvalue weighted by Gasteiger charge is -2.11. The number of methoxy groups -OCH3 is 1. The largest absolute Gasteiger partial charge is 0.382 e. The van der Waals surface area contributed by atoms with Crippen molar-refractivity contribution in [2.75, 3.05) is 40.0 Å². The molecule has 0 fully saturated rings. The van der Waals surface area contributed by atoms with E-state index in [1.54, 1.807) is 18.4 Å². The van der Waals surface area contributed by atoms with Crippen LogP contribution >= 0.6 is 11.3 Å². The summed E-state index contributed by atoms with van der Waals surface area (Å²) in [6, 6.07) is 0. The van der Waals surface area contributed by atoms with Crippen molar-refractivity contribution >= 4 is 17.3 Å². The number of guanidine groups is 1. The smallest absolute Gasteiger partial charge is 0.191 e. The van der Waals surface area contributed by atoms with E-state index in [1.165, 1.54) is 4.88 Å². The minimum Gasteiger partial charge on any atom is -0.382 e. The molecule has 21 heavy (non-hydrogen) atoms. The molecule has 1 aromatic rings. The fourth-order valence-corrected chi connectivity index (χ4v) is 2.32. The molecule has 0 aliphatic rings. The highest BCUT2D eigenvalue weighted by Gasteiger charge is 2.00. The fourth-order valence-electron chi connectivity index (χ4n) is 1.60. The molecule has 1 rings (SSSR count). The van der Waals surface area contributed by atoms with E-state index in [1.807, 2.05) is 13.1 Å². The number of aromatic nitrogens is 1. The summed E-state index contributed by atoms with van der Waals surface area (Å²) in [7, 11) is 1.68. The standard InChI is InChI=1S/C14H26N4O2S/c1-4-15-14(16-6-5-7-20-9-8-19-3)18-11-13-10-17-12(2)21-13/h10H,4-9,11H2,1-3H3,(H2,15,16,18). The van der Waals surface area contributed by atoms with Crippen molar-refractivity contribution in [1.82, 2.24) is 15.6 Å². The second kappa shape index (κ2) is 11.5. The third kappa shape index (κ3) is 8.64. The zero-order valence-electron chi connectivity index (χ0n) is 13.1. The molecular weight excluding hydrogens is 288 g/mol. The third-order valence-corrected chi connectivity index (χ3v) is 3.49. The molecule has 120 valence electrons. The fraction of sp³-hybridized carbons (Fsp3) is 0.714. The molecule has 1 aromatic heterocycles. The molecule has 7 heteroatoms. The SMILES string of the molecule is CCNC(=NCc1cnc(C)s1)NCCCOCCOC. The van der Waals surface area contributed by atoms with Crippen molar-refractivity contribution in [3.63, 3.8) is 0 Å². The first-order valence-electron chi connectivity index (χ1n) is 7.26. The number of rotatable bonds is 10. The van der Waals surface area contributed by atoms with Gasteiger partial charge in [-0.25, -0.2) is 9.98 Å². The van der Waals surface area contributed by atoms with E-state index in [0.717, 1.165) is 37.1 Å². The van der Waals surface area contributed by atoms with Gasteiger partial charge in [0, 0.05) is 37.9 Å². The summed E-state index contributed by atoms with van der Waals surface area (Å²) >= 11 is 1.68. The van der Waals surface area contributed by atoms with E-state index in [2.05, 4.69) is 27.5 Å². The van der Waals surface area contributed by atoms with Crippen LogP contribution in [-0.4, -0.2) is 51.0 Å². The van der Waals surface area contributed by atoms with Gasteiger partial charge in [-0.05, 0) is 20.3 Å². The van der Waals surface area contributed by atoms with Crippen LogP contribution < -0.4 is 10.6 Å². The van der Waals surface area contributed by atoms with Gasteiger partial charge in [-0.1, -0.05) is 0 Å². The number of ether oxygens (including phenoxy) is 2. The number of nitrogens with one attached hydrogen (secondary N) is 2. The Balaban J connectivity index is 2.22. The summed E-state index contributed by atoms with van der Waals surface area (Å²) in [5, 5.41) is 7.61. The van der Waals surface area contributed by atoms with Crippen molar-refractivity contribution in [1.29, 1.82) is 0 Å². The van der Waals surface area contributed by atoms with Gasteiger partial charge in [0.1, 0.15) is 0 Å². The number of nitrogens with zero attached hydrogens (tertiary/aromatic N) is 2. The molecule has 0 saturated heterocycles. The third-order valence-electron chi connectivity index (χ3n) is 2.60. The topological polar surface area (TPSA) is 67.8 Å². The van der Waals surface area contributed by atoms with E-state index < -0.39 is 0 Å². The van der Waals surface area contributed by atoms with Gasteiger partial charge in [-0.2, -0.15) is 0 Å². The highest BCUT2D eigenvalue weighted by Crippen LogP contribution is 2.12. The van der Waals surface area contributed by atoms with Crippen LogP contribution in [-0.2, 0) is 16.0 Å². The molecule has 0 amide bonds. The van der Waals surface area contributed by atoms with Gasteiger partial charge >= 0.3 is 0 Å². The first-order chi connectivity index (χ1) is 10.3. The maximum atomic E-state index is 5.42. The van der Waals surface area contributed by atoms with Crippen molar-refractivity contribution in [2.45, 2.75) is 26.8 Å². The maximum Gasteiger partial charge on any atom is 0.191 e. The molecule has 2 N–H and O–H groups in total. The van der Waals surface area contributed by atoms with Gasteiger partial charge in [0.25, 0.3) is 0 Å². The quantitative estimate of drug-likeness (QED) is 0.390. The van der Waals surface area contributed by atoms with E-state index in [4.69, 9.17) is 9.47 Å². The average molecular weight is 314 g/mol. The summed E-state index contributed by atoms with van der Waals surface area (Å²) in [4.78, 5) is 9.96. The summed E-state index contributed by atoms with van der Waals surface area (Å²) in [5.74, 6) is 0.834.